The fourth-order valence-electron chi connectivity index (χ4n) is 0.534. The van der Waals surface area contributed by atoms with E-state index >= 15 is 0 Å². The van der Waals surface area contributed by atoms with Gasteiger partial charge in [0.25, 0.3) is 0 Å². The van der Waals surface area contributed by atoms with Crippen LogP contribution in [0.4, 0.5) is 0 Å². The first-order valence-corrected chi connectivity index (χ1v) is 4.47. The highest BCUT2D eigenvalue weighted by Gasteiger charge is 2.12. The lowest BCUT2D eigenvalue weighted by Gasteiger charge is -2.10. The molecule has 0 aromatic carbocycles. The van der Waals surface area contributed by atoms with E-state index in [0.717, 1.165) is 0 Å². The summed E-state index contributed by atoms with van der Waals surface area (Å²) in [5.74, 6) is -0.384. The maximum absolute atomic E-state index is 10.8. The Morgan fingerprint density at radius 2 is 2.17 bits per heavy atom. The Bertz CT molecular complexity index is 137. The number of esters is 1. The van der Waals surface area contributed by atoms with Gasteiger partial charge in [0.15, 0.2) is 0 Å². The summed E-state index contributed by atoms with van der Waals surface area (Å²) in [5.41, 5.74) is 0. The average Bonchev–Trinajstić information content (AvgIpc) is 2.00. The van der Waals surface area contributed by atoms with Crippen LogP contribution < -0.4 is 0 Å². The molecular weight excluding hydrogens is 228 g/mol. The molecule has 12 heavy (non-hydrogen) atoms. The number of carbonyl (C=O) groups excluding carboxylic acids is 1. The maximum Gasteiger partial charge on any atom is 0.319 e. The number of aliphatic hydroxyl groups is 1. The molecule has 0 rings (SSSR count). The Kier molecular flexibility index (Phi) is 6.32. The van der Waals surface area contributed by atoms with Crippen LogP contribution in [0.2, 0.25) is 0 Å². The Balaban J connectivity index is 3.47. The van der Waals surface area contributed by atoms with Crippen molar-refractivity contribution >= 4 is 21.9 Å². The molecule has 0 radical (unpaired) electrons. The number of carbonyl (C=O) groups is 1. The fraction of sp³-hybridized carbons (Fsp3) is 0.857. The highest BCUT2D eigenvalue weighted by atomic mass is 79.9. The Morgan fingerprint density at radius 1 is 1.58 bits per heavy atom. The van der Waals surface area contributed by atoms with Crippen LogP contribution >= 0.6 is 15.9 Å². The zero-order chi connectivity index (χ0) is 9.56. The summed E-state index contributed by atoms with van der Waals surface area (Å²) in [6.07, 6.45) is -0.745. The normalized spacial score (nSPS) is 15.3. The Morgan fingerprint density at radius 3 is 2.58 bits per heavy atom. The third-order valence-electron chi connectivity index (χ3n) is 1.10. The highest BCUT2D eigenvalue weighted by Crippen LogP contribution is 2.00. The van der Waals surface area contributed by atoms with Crippen LogP contribution in [0.3, 0.4) is 0 Å². The van der Waals surface area contributed by atoms with Crippen molar-refractivity contribution in [2.45, 2.75) is 17.9 Å². The molecular formula is C7H13BrO4. The molecule has 0 heterocycles. The zero-order valence-electron chi connectivity index (χ0n) is 7.12. The van der Waals surface area contributed by atoms with Gasteiger partial charge >= 0.3 is 5.97 Å². The lowest BCUT2D eigenvalue weighted by Crippen LogP contribution is -2.25. The van der Waals surface area contributed by atoms with Crippen LogP contribution in [0, 0.1) is 0 Å². The molecule has 2 atom stereocenters. The third-order valence-corrected chi connectivity index (χ3v) is 1.48. The van der Waals surface area contributed by atoms with Crippen molar-refractivity contribution in [3.63, 3.8) is 0 Å². The van der Waals surface area contributed by atoms with Crippen molar-refractivity contribution in [3.05, 3.63) is 0 Å². The molecule has 0 aliphatic rings. The van der Waals surface area contributed by atoms with Gasteiger partial charge in [-0.2, -0.15) is 0 Å². The summed E-state index contributed by atoms with van der Waals surface area (Å²) in [4.78, 5) is 10.5. The van der Waals surface area contributed by atoms with Gasteiger partial charge in [0.2, 0.25) is 0 Å². The van der Waals surface area contributed by atoms with Gasteiger partial charge in [-0.05, 0) is 6.92 Å². The molecule has 0 amide bonds. The number of aliphatic hydroxyl groups excluding tert-OH is 1. The van der Waals surface area contributed by atoms with Gasteiger partial charge in [-0.1, -0.05) is 15.9 Å². The van der Waals surface area contributed by atoms with Crippen molar-refractivity contribution < 1.29 is 19.4 Å². The van der Waals surface area contributed by atoms with E-state index in [-0.39, 0.29) is 24.0 Å². The van der Waals surface area contributed by atoms with Gasteiger partial charge in [0.1, 0.15) is 17.5 Å². The summed E-state index contributed by atoms with van der Waals surface area (Å²) < 4.78 is 9.35. The minimum Gasteiger partial charge on any atom is -0.462 e. The van der Waals surface area contributed by atoms with Crippen LogP contribution in [0.1, 0.15) is 6.92 Å². The zero-order valence-corrected chi connectivity index (χ0v) is 8.70. The van der Waals surface area contributed by atoms with Crippen LogP contribution in [-0.4, -0.2) is 42.3 Å². The standard InChI is InChI=1S/C7H13BrO4/c1-5(8)7(10)12-4-6(9)3-11-2/h5-6,9H,3-4H2,1-2H3. The van der Waals surface area contributed by atoms with E-state index < -0.39 is 6.10 Å². The van der Waals surface area contributed by atoms with Gasteiger partial charge in [-0.25, -0.2) is 0 Å². The van der Waals surface area contributed by atoms with E-state index in [4.69, 9.17) is 9.84 Å². The predicted octanol–water partition coefficient (Wildman–Crippen LogP) is 0.320. The van der Waals surface area contributed by atoms with E-state index in [1.807, 2.05) is 0 Å². The Labute approximate surface area is 80.0 Å². The first-order chi connectivity index (χ1) is 5.57. The second-order valence-corrected chi connectivity index (χ2v) is 3.73. The molecule has 0 aromatic heterocycles. The van der Waals surface area contributed by atoms with Crippen LogP contribution in [-0.2, 0) is 14.3 Å². The molecule has 4 nitrogen and oxygen atoms in total. The average molecular weight is 241 g/mol. The van der Waals surface area contributed by atoms with Crippen molar-refractivity contribution in [2.75, 3.05) is 20.3 Å². The van der Waals surface area contributed by atoms with Crippen LogP contribution in [0.5, 0.6) is 0 Å². The molecule has 0 bridgehead atoms. The number of hydrogen-bond donors (Lipinski definition) is 1. The monoisotopic (exact) mass is 240 g/mol. The number of hydrogen-bond acceptors (Lipinski definition) is 4. The molecule has 0 spiro atoms. The number of ether oxygens (including phenoxy) is 2. The second-order valence-electron chi connectivity index (χ2n) is 2.36. The molecule has 72 valence electrons. The number of rotatable bonds is 5. The third kappa shape index (κ3) is 5.51. The summed E-state index contributed by atoms with van der Waals surface area (Å²) in [6, 6.07) is 0. The Hall–Kier alpha value is -0.130. The molecule has 0 aromatic rings. The highest BCUT2D eigenvalue weighted by molar-refractivity contribution is 9.10. The minimum atomic E-state index is -0.745. The van der Waals surface area contributed by atoms with Crippen LogP contribution in [0.25, 0.3) is 0 Å². The second kappa shape index (κ2) is 6.39. The number of halogens is 1. The van der Waals surface area contributed by atoms with Gasteiger partial charge in [0.05, 0.1) is 6.61 Å². The van der Waals surface area contributed by atoms with Crippen molar-refractivity contribution in [3.8, 4) is 0 Å². The summed E-state index contributed by atoms with van der Waals surface area (Å²) in [6.45, 7) is 1.80. The lowest BCUT2D eigenvalue weighted by molar-refractivity contribution is -0.146. The SMILES string of the molecule is COCC(O)COC(=O)C(C)Br. The smallest absolute Gasteiger partial charge is 0.319 e. The minimum absolute atomic E-state index is 0.0252. The molecule has 0 aliphatic heterocycles. The van der Waals surface area contributed by atoms with E-state index in [0.29, 0.717) is 0 Å². The van der Waals surface area contributed by atoms with Gasteiger partial charge in [-0.3, -0.25) is 4.79 Å². The first kappa shape index (κ1) is 11.9. The van der Waals surface area contributed by atoms with E-state index in [1.54, 1.807) is 6.92 Å². The summed E-state index contributed by atoms with van der Waals surface area (Å²) >= 11 is 3.04. The first-order valence-electron chi connectivity index (χ1n) is 3.55. The van der Waals surface area contributed by atoms with Crippen molar-refractivity contribution in [1.29, 1.82) is 0 Å². The fourth-order valence-corrected chi connectivity index (χ4v) is 0.666. The molecule has 0 aliphatic carbocycles. The van der Waals surface area contributed by atoms with Crippen molar-refractivity contribution in [1.82, 2.24) is 0 Å². The number of alkyl halides is 1. The van der Waals surface area contributed by atoms with Gasteiger partial charge in [-0.15, -0.1) is 0 Å². The topological polar surface area (TPSA) is 55.8 Å². The molecule has 0 saturated heterocycles. The molecule has 5 heteroatoms. The van der Waals surface area contributed by atoms with E-state index in [1.165, 1.54) is 7.11 Å². The number of methoxy groups -OCH3 is 1. The van der Waals surface area contributed by atoms with Crippen LogP contribution in [0.15, 0.2) is 0 Å². The molecule has 1 N–H and O–H groups in total. The van der Waals surface area contributed by atoms with Gasteiger partial charge < -0.3 is 14.6 Å². The molecule has 0 saturated carbocycles. The molecule has 0 fully saturated rings. The lowest BCUT2D eigenvalue weighted by atomic mass is 10.4. The van der Waals surface area contributed by atoms with E-state index in [9.17, 15) is 4.79 Å². The molecule has 2 unspecified atom stereocenters. The van der Waals surface area contributed by atoms with E-state index in [2.05, 4.69) is 20.7 Å². The summed E-state index contributed by atoms with van der Waals surface area (Å²) in [5, 5.41) is 9.06. The van der Waals surface area contributed by atoms with Gasteiger partial charge in [0, 0.05) is 7.11 Å². The van der Waals surface area contributed by atoms with Crippen molar-refractivity contribution in [2.24, 2.45) is 0 Å². The largest absolute Gasteiger partial charge is 0.462 e. The quantitative estimate of drug-likeness (QED) is 0.556. The maximum atomic E-state index is 10.8. The predicted molar refractivity (Wildman–Crippen MR) is 47.2 cm³/mol. The summed E-state index contributed by atoms with van der Waals surface area (Å²) in [7, 11) is 1.47.